The lowest BCUT2D eigenvalue weighted by Crippen LogP contribution is -2.35. The molecular weight excluding hydrogens is 394 g/mol. The van der Waals surface area contributed by atoms with E-state index in [1.54, 1.807) is 29.2 Å². The average molecular weight is 414 g/mol. The van der Waals surface area contributed by atoms with Crippen molar-refractivity contribution in [2.24, 2.45) is 4.99 Å². The summed E-state index contributed by atoms with van der Waals surface area (Å²) in [6, 6.07) is 15.0. The lowest BCUT2D eigenvalue weighted by molar-refractivity contribution is -0.128. The molecule has 1 aliphatic carbocycles. The van der Waals surface area contributed by atoms with Crippen LogP contribution in [0.3, 0.4) is 0 Å². The van der Waals surface area contributed by atoms with Crippen LogP contribution in [-0.2, 0) is 9.59 Å². The van der Waals surface area contributed by atoms with Gasteiger partial charge in [-0.15, -0.1) is 0 Å². The summed E-state index contributed by atoms with van der Waals surface area (Å²) in [6.45, 7) is 2.00. The van der Waals surface area contributed by atoms with Gasteiger partial charge in [-0.3, -0.25) is 14.5 Å². The number of amides is 2. The van der Waals surface area contributed by atoms with Crippen LogP contribution < -0.4 is 5.32 Å². The van der Waals surface area contributed by atoms with E-state index in [2.05, 4.69) is 5.32 Å². The molecule has 1 saturated heterocycles. The molecule has 1 heterocycles. The third kappa shape index (κ3) is 4.23. The summed E-state index contributed by atoms with van der Waals surface area (Å²) in [7, 11) is 0. The number of aryl methyl sites for hydroxylation is 1. The highest BCUT2D eigenvalue weighted by Crippen LogP contribution is 2.39. The molecule has 2 aromatic carbocycles. The van der Waals surface area contributed by atoms with E-state index in [9.17, 15) is 9.59 Å². The maximum Gasteiger partial charge on any atom is 0.242 e. The van der Waals surface area contributed by atoms with Crippen LogP contribution in [0.5, 0.6) is 0 Å². The molecule has 1 saturated carbocycles. The van der Waals surface area contributed by atoms with Gasteiger partial charge in [-0.1, -0.05) is 41.6 Å². The van der Waals surface area contributed by atoms with Crippen molar-refractivity contribution in [3.05, 3.63) is 59.1 Å². The van der Waals surface area contributed by atoms with Crippen LogP contribution in [0, 0.1) is 6.92 Å². The van der Waals surface area contributed by atoms with Crippen molar-refractivity contribution in [2.45, 2.75) is 37.5 Å². The molecule has 1 aliphatic heterocycles. The highest BCUT2D eigenvalue weighted by Gasteiger charge is 2.46. The largest absolute Gasteiger partial charge is 0.326 e. The summed E-state index contributed by atoms with van der Waals surface area (Å²) < 4.78 is 0. The summed E-state index contributed by atoms with van der Waals surface area (Å²) in [5.74, 6) is -0.216. The van der Waals surface area contributed by atoms with E-state index < -0.39 is 5.25 Å². The minimum Gasteiger partial charge on any atom is -0.326 e. The molecule has 7 heteroatoms. The minimum atomic E-state index is -0.448. The monoisotopic (exact) mass is 413 g/mol. The molecule has 2 fully saturated rings. The molecule has 2 aromatic rings. The molecule has 28 heavy (non-hydrogen) atoms. The number of hydrogen-bond donors (Lipinski definition) is 1. The zero-order chi connectivity index (χ0) is 19.7. The van der Waals surface area contributed by atoms with Crippen molar-refractivity contribution >= 4 is 51.7 Å². The highest BCUT2D eigenvalue weighted by molar-refractivity contribution is 8.15. The Labute approximate surface area is 173 Å². The van der Waals surface area contributed by atoms with Crippen molar-refractivity contribution in [3.63, 3.8) is 0 Å². The highest BCUT2D eigenvalue weighted by atomic mass is 35.5. The van der Waals surface area contributed by atoms with Gasteiger partial charge in [0.1, 0.15) is 5.25 Å². The topological polar surface area (TPSA) is 61.8 Å². The molecule has 0 aromatic heterocycles. The predicted octanol–water partition coefficient (Wildman–Crippen LogP) is 4.77. The van der Waals surface area contributed by atoms with Crippen LogP contribution in [0.4, 0.5) is 11.4 Å². The van der Waals surface area contributed by atoms with E-state index in [1.165, 1.54) is 11.8 Å². The van der Waals surface area contributed by atoms with E-state index in [1.807, 2.05) is 31.2 Å². The Kier molecular flexibility index (Phi) is 5.42. The van der Waals surface area contributed by atoms with Crippen molar-refractivity contribution in [3.8, 4) is 0 Å². The van der Waals surface area contributed by atoms with Crippen molar-refractivity contribution in [2.75, 3.05) is 5.32 Å². The number of anilines is 1. The summed E-state index contributed by atoms with van der Waals surface area (Å²) in [6.07, 6.45) is 2.09. The number of nitrogens with zero attached hydrogens (tertiary/aromatic N) is 2. The number of thioether (sulfide) groups is 1. The number of amidine groups is 1. The van der Waals surface area contributed by atoms with Crippen LogP contribution in [0.15, 0.2) is 53.5 Å². The van der Waals surface area contributed by atoms with Crippen molar-refractivity contribution in [1.29, 1.82) is 0 Å². The molecule has 0 bridgehead atoms. The van der Waals surface area contributed by atoms with Gasteiger partial charge < -0.3 is 5.32 Å². The van der Waals surface area contributed by atoms with Crippen LogP contribution in [-0.4, -0.2) is 33.2 Å². The fourth-order valence-corrected chi connectivity index (χ4v) is 4.40. The van der Waals surface area contributed by atoms with Crippen LogP contribution in [0.25, 0.3) is 0 Å². The summed E-state index contributed by atoms with van der Waals surface area (Å²) in [5, 5.41) is 3.69. The first kappa shape index (κ1) is 19.0. The van der Waals surface area contributed by atoms with Gasteiger partial charge in [0.05, 0.1) is 5.69 Å². The van der Waals surface area contributed by atoms with Gasteiger partial charge in [0.25, 0.3) is 0 Å². The normalized spacial score (nSPS) is 20.6. The third-order valence-corrected chi connectivity index (χ3v) is 6.11. The first-order chi connectivity index (χ1) is 13.5. The lowest BCUT2D eigenvalue weighted by atomic mass is 10.2. The summed E-state index contributed by atoms with van der Waals surface area (Å²) in [5.41, 5.74) is 2.58. The molecule has 2 amide bonds. The quantitative estimate of drug-likeness (QED) is 0.767. The fraction of sp³-hybridized carbons (Fsp3) is 0.286. The third-order valence-electron chi connectivity index (χ3n) is 4.71. The molecular formula is C21H20ClN3O2S. The Bertz CT molecular complexity index is 941. The molecule has 5 nitrogen and oxygen atoms in total. The van der Waals surface area contributed by atoms with E-state index in [0.717, 1.165) is 24.1 Å². The molecule has 144 valence electrons. The van der Waals surface area contributed by atoms with Crippen molar-refractivity contribution < 1.29 is 9.59 Å². The van der Waals surface area contributed by atoms with Crippen LogP contribution in [0.1, 0.15) is 24.8 Å². The molecule has 2 aliphatic rings. The smallest absolute Gasteiger partial charge is 0.242 e. The Hall–Kier alpha value is -2.31. The maximum absolute atomic E-state index is 12.9. The zero-order valence-electron chi connectivity index (χ0n) is 15.4. The van der Waals surface area contributed by atoms with Gasteiger partial charge in [-0.05, 0) is 55.7 Å². The van der Waals surface area contributed by atoms with E-state index in [4.69, 9.17) is 16.6 Å². The van der Waals surface area contributed by atoms with Gasteiger partial charge in [0, 0.05) is 23.2 Å². The number of hydrogen-bond acceptors (Lipinski definition) is 4. The standard InChI is InChI=1S/C21H20ClN3O2S/c1-13-4-2-3-5-17(13)24-21-25(16-10-11-16)20(27)18(28-21)12-19(26)23-15-8-6-14(22)7-9-15/h2-9,16,18H,10-12H2,1H3,(H,23,26)/t18-/m1/s1. The minimum absolute atomic E-state index is 0.0221. The predicted molar refractivity (Wildman–Crippen MR) is 114 cm³/mol. The van der Waals surface area contributed by atoms with Gasteiger partial charge in [-0.2, -0.15) is 0 Å². The molecule has 0 unspecified atom stereocenters. The number of halogens is 1. The summed E-state index contributed by atoms with van der Waals surface area (Å²) in [4.78, 5) is 31.9. The molecule has 1 N–H and O–H groups in total. The van der Waals surface area contributed by atoms with Gasteiger partial charge >= 0.3 is 0 Å². The second-order valence-electron chi connectivity index (χ2n) is 6.99. The van der Waals surface area contributed by atoms with Crippen LogP contribution >= 0.6 is 23.4 Å². The number of nitrogens with one attached hydrogen (secondary N) is 1. The number of carbonyl (C=O) groups excluding carboxylic acids is 2. The van der Waals surface area contributed by atoms with Gasteiger partial charge in [0.2, 0.25) is 11.8 Å². The zero-order valence-corrected chi connectivity index (χ0v) is 17.0. The number of benzene rings is 2. The lowest BCUT2D eigenvalue weighted by Gasteiger charge is -2.15. The molecule has 0 spiro atoms. The Morgan fingerprint density at radius 1 is 1.21 bits per heavy atom. The number of rotatable bonds is 5. The Balaban J connectivity index is 1.49. The SMILES string of the molecule is Cc1ccccc1N=C1S[C@H](CC(=O)Nc2ccc(Cl)cc2)C(=O)N1C1CC1. The van der Waals surface area contributed by atoms with Crippen molar-refractivity contribution in [1.82, 2.24) is 4.90 Å². The molecule has 1 atom stereocenters. The summed E-state index contributed by atoms with van der Waals surface area (Å²) >= 11 is 7.26. The van der Waals surface area contributed by atoms with E-state index in [-0.39, 0.29) is 24.3 Å². The molecule has 0 radical (unpaired) electrons. The maximum atomic E-state index is 12.9. The second kappa shape index (κ2) is 7.97. The molecule has 4 rings (SSSR count). The average Bonchev–Trinajstić information content (AvgIpc) is 3.45. The van der Waals surface area contributed by atoms with Gasteiger partial charge in [-0.25, -0.2) is 4.99 Å². The van der Waals surface area contributed by atoms with Gasteiger partial charge in [0.15, 0.2) is 5.17 Å². The first-order valence-electron chi connectivity index (χ1n) is 9.21. The second-order valence-corrected chi connectivity index (χ2v) is 8.59. The first-order valence-corrected chi connectivity index (χ1v) is 10.5. The van der Waals surface area contributed by atoms with E-state index in [0.29, 0.717) is 15.9 Å². The number of para-hydroxylation sites is 1. The van der Waals surface area contributed by atoms with E-state index >= 15 is 0 Å². The number of carbonyl (C=O) groups is 2. The fourth-order valence-electron chi connectivity index (χ4n) is 3.07. The number of aliphatic imine (C=N–C) groups is 1. The van der Waals surface area contributed by atoms with Crippen LogP contribution in [0.2, 0.25) is 5.02 Å². The Morgan fingerprint density at radius 3 is 2.61 bits per heavy atom. The Morgan fingerprint density at radius 2 is 1.93 bits per heavy atom.